The van der Waals surface area contributed by atoms with Crippen molar-refractivity contribution in [2.24, 2.45) is 11.1 Å². The Balaban J connectivity index is 1.13. The molecule has 166 valence electrons. The second-order valence-corrected chi connectivity index (χ2v) is 10.1. The van der Waals surface area contributed by atoms with Crippen LogP contribution in [-0.4, -0.2) is 33.3 Å². The molecule has 2 aromatic carbocycles. The van der Waals surface area contributed by atoms with Crippen LogP contribution in [0.15, 0.2) is 60.8 Å². The Bertz CT molecular complexity index is 1330. The number of fused-ring (bicyclic) bond motifs is 2. The van der Waals surface area contributed by atoms with E-state index >= 15 is 0 Å². The topological polar surface area (TPSA) is 83.7 Å². The third-order valence-corrected chi connectivity index (χ3v) is 8.46. The molecule has 2 aliphatic carbocycles. The predicted molar refractivity (Wildman–Crippen MR) is 129 cm³/mol. The molecular weight excluding hydrogens is 408 g/mol. The molecular formula is C27H28N6. The van der Waals surface area contributed by atoms with Gasteiger partial charge >= 0.3 is 0 Å². The smallest absolute Gasteiger partial charge is 0.176 e. The van der Waals surface area contributed by atoms with Crippen LogP contribution in [0.1, 0.15) is 54.1 Å². The first-order valence-corrected chi connectivity index (χ1v) is 12.0. The van der Waals surface area contributed by atoms with Crippen LogP contribution in [0.5, 0.6) is 0 Å². The Kier molecular flexibility index (Phi) is 4.01. The fourth-order valence-corrected chi connectivity index (χ4v) is 6.31. The molecule has 2 aromatic heterocycles. The van der Waals surface area contributed by atoms with Crippen LogP contribution in [0, 0.1) is 5.41 Å². The molecule has 3 aliphatic rings. The maximum Gasteiger partial charge on any atom is 0.176 e. The third-order valence-electron chi connectivity index (χ3n) is 8.46. The molecule has 2 fully saturated rings. The Morgan fingerprint density at radius 2 is 1.70 bits per heavy atom. The molecule has 1 spiro atoms. The van der Waals surface area contributed by atoms with E-state index in [1.54, 1.807) is 0 Å². The molecule has 1 atom stereocenters. The number of H-pyrrole nitrogens is 1. The van der Waals surface area contributed by atoms with Crippen molar-refractivity contribution >= 4 is 17.0 Å². The van der Waals surface area contributed by atoms with Gasteiger partial charge in [0.1, 0.15) is 17.0 Å². The number of aromatic nitrogens is 4. The van der Waals surface area contributed by atoms with Gasteiger partial charge in [-0.25, -0.2) is 9.97 Å². The van der Waals surface area contributed by atoms with Gasteiger partial charge in [-0.15, -0.1) is 0 Å². The van der Waals surface area contributed by atoms with Gasteiger partial charge in [0.25, 0.3) is 0 Å². The molecule has 6 heteroatoms. The normalized spacial score (nSPS) is 22.6. The van der Waals surface area contributed by atoms with E-state index in [2.05, 4.69) is 64.6 Å². The van der Waals surface area contributed by atoms with Gasteiger partial charge in [0.05, 0.1) is 6.20 Å². The summed E-state index contributed by atoms with van der Waals surface area (Å²) in [4.78, 5) is 12.2. The first-order valence-electron chi connectivity index (χ1n) is 12.0. The third kappa shape index (κ3) is 2.80. The minimum atomic E-state index is -0.0131. The second-order valence-electron chi connectivity index (χ2n) is 10.1. The van der Waals surface area contributed by atoms with Crippen LogP contribution in [0.4, 0.5) is 5.82 Å². The molecule has 4 aromatic rings. The van der Waals surface area contributed by atoms with Crippen molar-refractivity contribution in [3.05, 3.63) is 83.2 Å². The number of nitrogens with two attached hydrogens (primary N) is 1. The van der Waals surface area contributed by atoms with Crippen molar-refractivity contribution in [3.63, 3.8) is 0 Å². The molecule has 0 radical (unpaired) electrons. The van der Waals surface area contributed by atoms with Crippen molar-refractivity contribution in [3.8, 4) is 0 Å². The van der Waals surface area contributed by atoms with E-state index in [0.717, 1.165) is 67.9 Å². The van der Waals surface area contributed by atoms with Crippen molar-refractivity contribution in [1.82, 2.24) is 20.2 Å². The number of hydrogen-bond donors (Lipinski definition) is 2. The van der Waals surface area contributed by atoms with Crippen LogP contribution in [0.3, 0.4) is 0 Å². The summed E-state index contributed by atoms with van der Waals surface area (Å²) in [5, 5.41) is 7.88. The lowest BCUT2D eigenvalue weighted by atomic mass is 9.73. The molecule has 33 heavy (non-hydrogen) atoms. The van der Waals surface area contributed by atoms with E-state index in [1.807, 2.05) is 6.20 Å². The Hall–Kier alpha value is -3.25. The Morgan fingerprint density at radius 1 is 0.939 bits per heavy atom. The zero-order chi connectivity index (χ0) is 22.0. The summed E-state index contributed by atoms with van der Waals surface area (Å²) in [7, 11) is 0. The van der Waals surface area contributed by atoms with E-state index in [1.165, 1.54) is 16.7 Å². The van der Waals surface area contributed by atoms with E-state index in [9.17, 15) is 0 Å². The lowest BCUT2D eigenvalue weighted by Crippen LogP contribution is -2.44. The number of nitrogens with zero attached hydrogens (tertiary/aromatic N) is 4. The minimum Gasteiger partial charge on any atom is -0.355 e. The fourth-order valence-electron chi connectivity index (χ4n) is 6.31. The summed E-state index contributed by atoms with van der Waals surface area (Å²) in [5.41, 5.74) is 13.7. The zero-order valence-electron chi connectivity index (χ0n) is 18.7. The average molecular weight is 437 g/mol. The van der Waals surface area contributed by atoms with Gasteiger partial charge < -0.3 is 10.6 Å². The monoisotopic (exact) mass is 436 g/mol. The van der Waals surface area contributed by atoms with Gasteiger partial charge in [-0.05, 0) is 54.2 Å². The highest BCUT2D eigenvalue weighted by Crippen LogP contribution is 2.54. The van der Waals surface area contributed by atoms with Gasteiger partial charge in [-0.2, -0.15) is 5.10 Å². The molecule has 0 bridgehead atoms. The van der Waals surface area contributed by atoms with Crippen LogP contribution in [-0.2, 0) is 11.8 Å². The molecule has 1 saturated heterocycles. The van der Waals surface area contributed by atoms with Gasteiger partial charge in [0.15, 0.2) is 5.65 Å². The Labute approximate surface area is 193 Å². The molecule has 7 rings (SSSR count). The van der Waals surface area contributed by atoms with Gasteiger partial charge in [0, 0.05) is 24.5 Å². The predicted octanol–water partition coefficient (Wildman–Crippen LogP) is 4.28. The first kappa shape index (κ1) is 19.2. The number of hydrogen-bond acceptors (Lipinski definition) is 5. The van der Waals surface area contributed by atoms with E-state index in [4.69, 9.17) is 20.8 Å². The lowest BCUT2D eigenvalue weighted by molar-refractivity contribution is 0.187. The molecule has 0 unspecified atom stereocenters. The summed E-state index contributed by atoms with van der Waals surface area (Å²) in [5.74, 6) is 0.932. The number of rotatable bonds is 3. The maximum atomic E-state index is 6.75. The summed E-state index contributed by atoms with van der Waals surface area (Å²) in [6.07, 6.45) is 7.40. The van der Waals surface area contributed by atoms with Crippen molar-refractivity contribution in [1.29, 1.82) is 0 Å². The maximum absolute atomic E-state index is 6.75. The number of nitrogens with one attached hydrogen (secondary N) is 1. The van der Waals surface area contributed by atoms with Crippen LogP contribution >= 0.6 is 0 Å². The molecule has 0 amide bonds. The number of aromatic amines is 1. The van der Waals surface area contributed by atoms with E-state index in [0.29, 0.717) is 0 Å². The van der Waals surface area contributed by atoms with Gasteiger partial charge in [-0.3, -0.25) is 5.10 Å². The fraction of sp³-hybridized carbons (Fsp3) is 0.370. The molecule has 1 aliphatic heterocycles. The minimum absolute atomic E-state index is 0.0131. The molecule has 1 saturated carbocycles. The standard InChI is InChI=1S/C27H28N6/c28-23-20-9-5-4-6-18(20)16-26(23)12-14-33(15-13-26)21-17-29-22-24(31-32-25(22)30-21)27(10-11-27)19-7-2-1-3-8-19/h1-9,17,23H,10-16,28H2,(H,30,31,32)/t23-/m1/s1. The average Bonchev–Trinajstić information content (AvgIpc) is 3.49. The summed E-state index contributed by atoms with van der Waals surface area (Å²) in [6.45, 7) is 1.91. The number of benzene rings is 2. The van der Waals surface area contributed by atoms with Crippen molar-refractivity contribution < 1.29 is 0 Å². The van der Waals surface area contributed by atoms with Gasteiger partial charge in [0.2, 0.25) is 0 Å². The van der Waals surface area contributed by atoms with Crippen LogP contribution in [0.25, 0.3) is 11.2 Å². The molecule has 3 N–H and O–H groups in total. The van der Waals surface area contributed by atoms with Crippen LogP contribution < -0.4 is 10.6 Å². The SMILES string of the molecule is N[C@@H]1c2ccccc2CC12CCN(c1cnc3c(C4(c5ccccc5)CC4)n[nH]c3n1)CC2. The first-order chi connectivity index (χ1) is 16.2. The molecule has 3 heterocycles. The highest BCUT2D eigenvalue weighted by molar-refractivity contribution is 5.77. The van der Waals surface area contributed by atoms with Crippen molar-refractivity contribution in [2.45, 2.75) is 43.6 Å². The Morgan fingerprint density at radius 3 is 2.45 bits per heavy atom. The lowest BCUT2D eigenvalue weighted by Gasteiger charge is -2.42. The largest absolute Gasteiger partial charge is 0.355 e. The number of anilines is 1. The van der Waals surface area contributed by atoms with Gasteiger partial charge in [-0.1, -0.05) is 54.6 Å². The summed E-state index contributed by atoms with van der Waals surface area (Å²) < 4.78 is 0. The van der Waals surface area contributed by atoms with Crippen molar-refractivity contribution in [2.75, 3.05) is 18.0 Å². The highest BCUT2D eigenvalue weighted by Gasteiger charge is 2.49. The quantitative estimate of drug-likeness (QED) is 0.501. The van der Waals surface area contributed by atoms with Crippen LogP contribution in [0.2, 0.25) is 0 Å². The number of piperidine rings is 1. The van der Waals surface area contributed by atoms with E-state index in [-0.39, 0.29) is 16.9 Å². The van der Waals surface area contributed by atoms with E-state index < -0.39 is 0 Å². The highest BCUT2D eigenvalue weighted by atomic mass is 15.2. The summed E-state index contributed by atoms with van der Waals surface area (Å²) in [6, 6.07) is 19.5. The zero-order valence-corrected chi connectivity index (χ0v) is 18.7. The molecule has 6 nitrogen and oxygen atoms in total. The summed E-state index contributed by atoms with van der Waals surface area (Å²) >= 11 is 0. The second kappa shape index (κ2) is 6.87.